The first-order valence-electron chi connectivity index (χ1n) is 13.8. The fourth-order valence-corrected chi connectivity index (χ4v) is 5.81. The molecule has 6 heteroatoms. The van der Waals surface area contributed by atoms with Gasteiger partial charge in [-0.15, -0.1) is 0 Å². The van der Waals surface area contributed by atoms with Gasteiger partial charge in [-0.2, -0.15) is 5.26 Å². The van der Waals surface area contributed by atoms with Crippen molar-refractivity contribution in [3.05, 3.63) is 48.0 Å². The monoisotopic (exact) mass is 497 g/mol. The van der Waals surface area contributed by atoms with Gasteiger partial charge in [-0.05, 0) is 86.6 Å². The van der Waals surface area contributed by atoms with Gasteiger partial charge in [0.25, 0.3) is 0 Å². The van der Waals surface area contributed by atoms with Gasteiger partial charge in [-0.1, -0.05) is 19.1 Å². The molecule has 2 aromatic carbocycles. The van der Waals surface area contributed by atoms with E-state index in [9.17, 15) is 10.1 Å². The second kappa shape index (κ2) is 10.2. The Kier molecular flexibility index (Phi) is 6.65. The van der Waals surface area contributed by atoms with Crippen LogP contribution in [0.2, 0.25) is 0 Å². The third-order valence-corrected chi connectivity index (χ3v) is 8.36. The molecule has 1 aliphatic heterocycles. The number of rotatable bonds is 9. The average molecular weight is 498 g/mol. The zero-order chi connectivity index (χ0) is 25.4. The van der Waals surface area contributed by atoms with Gasteiger partial charge in [0.15, 0.2) is 0 Å². The lowest BCUT2D eigenvalue weighted by Crippen LogP contribution is -2.18. The molecule has 2 heterocycles. The lowest BCUT2D eigenvalue weighted by molar-refractivity contribution is -0.117. The molecule has 3 aromatic rings. The predicted octanol–water partition coefficient (Wildman–Crippen LogP) is 6.84. The molecule has 3 fully saturated rings. The summed E-state index contributed by atoms with van der Waals surface area (Å²) < 4.78 is 14.2. The number of hydrogen-bond acceptors (Lipinski definition) is 4. The Hall–Kier alpha value is -3.30. The number of ether oxygens (including phenoxy) is 2. The highest BCUT2D eigenvalue weighted by Crippen LogP contribution is 2.43. The minimum absolute atomic E-state index is 0.0731. The van der Waals surface area contributed by atoms with Gasteiger partial charge in [0, 0.05) is 36.2 Å². The van der Waals surface area contributed by atoms with E-state index in [1.807, 2.05) is 36.4 Å². The average Bonchev–Trinajstić information content (AvgIpc) is 3.51. The molecule has 2 aliphatic carbocycles. The van der Waals surface area contributed by atoms with Crippen molar-refractivity contribution in [3.63, 3.8) is 0 Å². The molecule has 0 radical (unpaired) electrons. The number of nitriles is 1. The minimum atomic E-state index is 0.0731. The summed E-state index contributed by atoms with van der Waals surface area (Å²) in [5, 5.41) is 14.2. The van der Waals surface area contributed by atoms with Crippen LogP contribution in [0.15, 0.2) is 42.5 Å². The number of fused-ring (bicyclic) bond motifs is 1. The van der Waals surface area contributed by atoms with Crippen LogP contribution in [0.1, 0.15) is 69.9 Å². The van der Waals surface area contributed by atoms with Crippen LogP contribution in [0.25, 0.3) is 22.2 Å². The number of benzene rings is 2. The Bertz CT molecular complexity index is 1320. The Morgan fingerprint density at radius 2 is 1.95 bits per heavy atom. The van der Waals surface area contributed by atoms with E-state index in [1.165, 1.54) is 19.3 Å². The molecule has 3 aliphatic rings. The SMILES string of the molecule is C[C@@H](CC(=O)Nc1ccc(-c2c(C#N)c3ccc(OC[C@H]4CCCO4)cc3n2C2CCC2)cc1)C1CC1. The Balaban J connectivity index is 1.29. The maximum atomic E-state index is 12.5. The Morgan fingerprint density at radius 3 is 2.59 bits per heavy atom. The molecular weight excluding hydrogens is 462 g/mol. The molecule has 1 N–H and O–H groups in total. The highest BCUT2D eigenvalue weighted by atomic mass is 16.5. The summed E-state index contributed by atoms with van der Waals surface area (Å²) in [5.74, 6) is 2.04. The number of hydrogen-bond donors (Lipinski definition) is 1. The van der Waals surface area contributed by atoms with E-state index in [2.05, 4.69) is 28.9 Å². The molecule has 6 rings (SSSR count). The number of nitrogens with zero attached hydrogens (tertiary/aromatic N) is 2. The zero-order valence-electron chi connectivity index (χ0n) is 21.5. The van der Waals surface area contributed by atoms with Gasteiger partial charge >= 0.3 is 0 Å². The predicted molar refractivity (Wildman–Crippen MR) is 145 cm³/mol. The van der Waals surface area contributed by atoms with Gasteiger partial charge in [0.1, 0.15) is 18.4 Å². The van der Waals surface area contributed by atoms with Crippen molar-refractivity contribution in [2.24, 2.45) is 11.8 Å². The summed E-state index contributed by atoms with van der Waals surface area (Å²) in [6, 6.07) is 16.9. The molecule has 1 saturated heterocycles. The van der Waals surface area contributed by atoms with Crippen molar-refractivity contribution >= 4 is 22.5 Å². The second-order valence-electron chi connectivity index (χ2n) is 11.1. The van der Waals surface area contributed by atoms with Crippen molar-refractivity contribution in [3.8, 4) is 23.1 Å². The van der Waals surface area contributed by atoms with Crippen LogP contribution in [0.3, 0.4) is 0 Å². The first-order chi connectivity index (χ1) is 18.1. The third-order valence-electron chi connectivity index (χ3n) is 8.36. The molecule has 2 atom stereocenters. The first kappa shape index (κ1) is 24.1. The highest BCUT2D eigenvalue weighted by molar-refractivity contribution is 5.96. The molecule has 0 unspecified atom stereocenters. The molecule has 0 spiro atoms. The van der Waals surface area contributed by atoms with E-state index in [0.29, 0.717) is 36.5 Å². The van der Waals surface area contributed by atoms with E-state index in [1.54, 1.807) is 0 Å². The van der Waals surface area contributed by atoms with Crippen LogP contribution in [0.5, 0.6) is 5.75 Å². The smallest absolute Gasteiger partial charge is 0.224 e. The molecule has 2 saturated carbocycles. The first-order valence-corrected chi connectivity index (χ1v) is 13.8. The van der Waals surface area contributed by atoms with Crippen LogP contribution in [0, 0.1) is 23.2 Å². The van der Waals surface area contributed by atoms with Crippen LogP contribution in [0.4, 0.5) is 5.69 Å². The maximum Gasteiger partial charge on any atom is 0.224 e. The molecule has 0 bridgehead atoms. The van der Waals surface area contributed by atoms with E-state index >= 15 is 0 Å². The fraction of sp³-hybridized carbons (Fsp3) is 0.484. The van der Waals surface area contributed by atoms with Crippen LogP contribution in [-0.2, 0) is 9.53 Å². The minimum Gasteiger partial charge on any atom is -0.491 e. The van der Waals surface area contributed by atoms with Crippen molar-refractivity contribution in [1.29, 1.82) is 5.26 Å². The number of amides is 1. The summed E-state index contributed by atoms with van der Waals surface area (Å²) in [6.45, 7) is 3.54. The highest BCUT2D eigenvalue weighted by Gasteiger charge is 2.30. The number of anilines is 1. The lowest BCUT2D eigenvalue weighted by Gasteiger charge is -2.30. The van der Waals surface area contributed by atoms with E-state index in [4.69, 9.17) is 9.47 Å². The van der Waals surface area contributed by atoms with Crippen LogP contribution >= 0.6 is 0 Å². The molecule has 192 valence electrons. The van der Waals surface area contributed by atoms with Gasteiger partial charge in [-0.25, -0.2) is 0 Å². The van der Waals surface area contributed by atoms with Crippen LogP contribution < -0.4 is 10.1 Å². The van der Waals surface area contributed by atoms with Crippen molar-refractivity contribution in [1.82, 2.24) is 4.57 Å². The largest absolute Gasteiger partial charge is 0.491 e. The molecule has 6 nitrogen and oxygen atoms in total. The molecule has 37 heavy (non-hydrogen) atoms. The Labute approximate surface area is 218 Å². The number of carbonyl (C=O) groups is 1. The number of carbonyl (C=O) groups excluding carboxylic acids is 1. The van der Waals surface area contributed by atoms with E-state index in [-0.39, 0.29) is 12.0 Å². The second-order valence-corrected chi connectivity index (χ2v) is 11.1. The van der Waals surface area contributed by atoms with Gasteiger partial charge in [0.05, 0.1) is 22.9 Å². The molecular formula is C31H35N3O3. The van der Waals surface area contributed by atoms with Gasteiger partial charge in [0.2, 0.25) is 5.91 Å². The zero-order valence-corrected chi connectivity index (χ0v) is 21.5. The standard InChI is InChI=1S/C31H35N3O3/c1-20(21-7-8-21)16-30(35)33-23-11-9-22(10-12-23)31-28(18-32)27-14-13-25(37-19-26-6-3-15-36-26)17-29(27)34(31)24-4-2-5-24/h9-14,17,20-21,24,26H,2-8,15-16,19H2,1H3,(H,33,35)/t20-,26+/m0/s1. The molecule has 1 aromatic heterocycles. The van der Waals surface area contributed by atoms with Crippen molar-refractivity contribution in [2.45, 2.75) is 70.4 Å². The summed E-state index contributed by atoms with van der Waals surface area (Å²) in [4.78, 5) is 12.5. The van der Waals surface area contributed by atoms with Crippen LogP contribution in [-0.4, -0.2) is 29.8 Å². The summed E-state index contributed by atoms with van der Waals surface area (Å²) in [5.41, 5.74) is 4.49. The number of nitrogens with one attached hydrogen (secondary N) is 1. The summed E-state index contributed by atoms with van der Waals surface area (Å²) in [7, 11) is 0. The third kappa shape index (κ3) is 4.98. The van der Waals surface area contributed by atoms with Crippen molar-refractivity contribution in [2.75, 3.05) is 18.5 Å². The topological polar surface area (TPSA) is 76.3 Å². The Morgan fingerprint density at radius 1 is 1.14 bits per heavy atom. The van der Waals surface area contributed by atoms with Gasteiger partial charge < -0.3 is 19.4 Å². The van der Waals surface area contributed by atoms with Crippen molar-refractivity contribution < 1.29 is 14.3 Å². The number of aromatic nitrogens is 1. The summed E-state index contributed by atoms with van der Waals surface area (Å²) >= 11 is 0. The quantitative estimate of drug-likeness (QED) is 0.351. The maximum absolute atomic E-state index is 12.5. The van der Waals surface area contributed by atoms with E-state index in [0.717, 1.165) is 65.9 Å². The lowest BCUT2D eigenvalue weighted by atomic mass is 9.92. The normalized spacial score (nSPS) is 20.4. The van der Waals surface area contributed by atoms with Gasteiger partial charge in [-0.3, -0.25) is 4.79 Å². The summed E-state index contributed by atoms with van der Waals surface area (Å²) in [6.07, 6.45) is 8.78. The molecule has 1 amide bonds. The van der Waals surface area contributed by atoms with E-state index < -0.39 is 0 Å². The fourth-order valence-electron chi connectivity index (χ4n) is 5.81.